The first-order chi connectivity index (χ1) is 9.22. The molecule has 2 aromatic rings. The number of nitrogens with zero attached hydrogens (tertiary/aromatic N) is 1. The zero-order chi connectivity index (χ0) is 13.2. The summed E-state index contributed by atoms with van der Waals surface area (Å²) in [5.74, 6) is 0.189. The lowest BCUT2D eigenvalue weighted by atomic mass is 10.1. The van der Waals surface area contributed by atoms with Gasteiger partial charge in [0.25, 0.3) is 5.91 Å². The van der Waals surface area contributed by atoms with E-state index in [0.717, 1.165) is 18.5 Å². The van der Waals surface area contributed by atoms with Gasteiger partial charge in [-0.1, -0.05) is 6.07 Å². The van der Waals surface area contributed by atoms with E-state index in [1.165, 1.54) is 23.7 Å². The highest BCUT2D eigenvalue weighted by Gasteiger charge is 2.12. The molecule has 1 aliphatic carbocycles. The molecule has 1 heterocycles. The largest absolute Gasteiger partial charge is 0.384 e. The number of hydrogen-bond donors (Lipinski definition) is 2. The fraction of sp³-hybridized carbons (Fsp3) is 0.200. The molecule has 3 N–H and O–H groups in total. The molecule has 1 aliphatic rings. The number of carbonyl (C=O) groups is 1. The molecule has 1 aromatic heterocycles. The van der Waals surface area contributed by atoms with E-state index in [0.29, 0.717) is 11.4 Å². The first kappa shape index (κ1) is 11.7. The second kappa shape index (κ2) is 4.72. The average Bonchev–Trinajstić information content (AvgIpc) is 2.86. The standard InChI is InChI=1S/C15H15N3O/c16-14-9-12(6-7-17-14)15(19)18-13-5-4-10-2-1-3-11(10)8-13/h4-9H,1-3H2,(H2,16,17)(H,18,19). The number of benzene rings is 1. The molecular formula is C15H15N3O. The zero-order valence-electron chi connectivity index (χ0n) is 10.5. The van der Waals surface area contributed by atoms with Crippen molar-refractivity contribution < 1.29 is 4.79 Å². The number of aryl methyl sites for hydroxylation is 2. The van der Waals surface area contributed by atoms with Gasteiger partial charge < -0.3 is 11.1 Å². The van der Waals surface area contributed by atoms with Crippen LogP contribution in [0.15, 0.2) is 36.5 Å². The molecule has 0 saturated carbocycles. The number of nitrogen functional groups attached to an aromatic ring is 1. The van der Waals surface area contributed by atoms with E-state index < -0.39 is 0 Å². The lowest BCUT2D eigenvalue weighted by Gasteiger charge is -2.07. The van der Waals surface area contributed by atoms with Gasteiger partial charge in [0.05, 0.1) is 0 Å². The van der Waals surface area contributed by atoms with Crippen LogP contribution < -0.4 is 11.1 Å². The Labute approximate surface area is 111 Å². The van der Waals surface area contributed by atoms with Crippen LogP contribution in [0.1, 0.15) is 27.9 Å². The summed E-state index contributed by atoms with van der Waals surface area (Å²) in [6.07, 6.45) is 4.98. The van der Waals surface area contributed by atoms with E-state index in [2.05, 4.69) is 22.4 Å². The van der Waals surface area contributed by atoms with Crippen molar-refractivity contribution in [1.82, 2.24) is 4.98 Å². The normalized spacial score (nSPS) is 13.1. The van der Waals surface area contributed by atoms with Crippen molar-refractivity contribution in [2.45, 2.75) is 19.3 Å². The number of aromatic nitrogens is 1. The van der Waals surface area contributed by atoms with Gasteiger partial charge in [0.2, 0.25) is 0 Å². The maximum Gasteiger partial charge on any atom is 0.255 e. The van der Waals surface area contributed by atoms with Crippen molar-refractivity contribution >= 4 is 17.4 Å². The minimum atomic E-state index is -0.160. The Kier molecular flexibility index (Phi) is 2.91. The third-order valence-corrected chi connectivity index (χ3v) is 3.40. The van der Waals surface area contributed by atoms with Gasteiger partial charge in [-0.3, -0.25) is 4.79 Å². The Bertz CT molecular complexity index is 637. The summed E-state index contributed by atoms with van der Waals surface area (Å²) < 4.78 is 0. The van der Waals surface area contributed by atoms with Crippen molar-refractivity contribution in [3.05, 3.63) is 53.2 Å². The molecule has 1 amide bonds. The van der Waals surface area contributed by atoms with E-state index in [4.69, 9.17) is 5.73 Å². The highest BCUT2D eigenvalue weighted by Crippen LogP contribution is 2.25. The number of anilines is 2. The SMILES string of the molecule is Nc1cc(C(=O)Nc2ccc3c(c2)CCC3)ccn1. The van der Waals surface area contributed by atoms with E-state index >= 15 is 0 Å². The Morgan fingerprint density at radius 1 is 1.16 bits per heavy atom. The molecule has 0 unspecified atom stereocenters. The molecular weight excluding hydrogens is 238 g/mol. The van der Waals surface area contributed by atoms with Gasteiger partial charge >= 0.3 is 0 Å². The quantitative estimate of drug-likeness (QED) is 0.863. The molecule has 0 bridgehead atoms. The summed E-state index contributed by atoms with van der Waals surface area (Å²) in [5, 5.41) is 2.89. The van der Waals surface area contributed by atoms with Crippen LogP contribution in [0.5, 0.6) is 0 Å². The topological polar surface area (TPSA) is 68.0 Å². The molecule has 4 heteroatoms. The lowest BCUT2D eigenvalue weighted by molar-refractivity contribution is 0.102. The monoisotopic (exact) mass is 253 g/mol. The van der Waals surface area contributed by atoms with E-state index in [1.54, 1.807) is 12.1 Å². The van der Waals surface area contributed by atoms with Crippen LogP contribution in [0.3, 0.4) is 0 Å². The fourth-order valence-electron chi connectivity index (χ4n) is 2.44. The lowest BCUT2D eigenvalue weighted by Crippen LogP contribution is -2.12. The van der Waals surface area contributed by atoms with Crippen molar-refractivity contribution in [2.75, 3.05) is 11.1 Å². The molecule has 96 valence electrons. The number of rotatable bonds is 2. The summed E-state index contributed by atoms with van der Waals surface area (Å²) in [7, 11) is 0. The molecule has 0 atom stereocenters. The molecule has 19 heavy (non-hydrogen) atoms. The summed E-state index contributed by atoms with van der Waals surface area (Å²) in [5.41, 5.74) is 9.66. The predicted molar refractivity (Wildman–Crippen MR) is 75.1 cm³/mol. The minimum absolute atomic E-state index is 0.160. The summed E-state index contributed by atoms with van der Waals surface area (Å²) in [4.78, 5) is 15.9. The smallest absolute Gasteiger partial charge is 0.255 e. The second-order valence-electron chi connectivity index (χ2n) is 4.76. The molecule has 0 saturated heterocycles. The van der Waals surface area contributed by atoms with Crippen molar-refractivity contribution in [3.8, 4) is 0 Å². The number of amides is 1. The third kappa shape index (κ3) is 2.42. The number of nitrogens with two attached hydrogens (primary N) is 1. The van der Waals surface area contributed by atoms with Gasteiger partial charge in [0.1, 0.15) is 5.82 Å². The highest BCUT2D eigenvalue weighted by atomic mass is 16.1. The van der Waals surface area contributed by atoms with Crippen molar-refractivity contribution in [3.63, 3.8) is 0 Å². The van der Waals surface area contributed by atoms with E-state index in [1.807, 2.05) is 6.07 Å². The van der Waals surface area contributed by atoms with Crippen LogP contribution in [-0.4, -0.2) is 10.9 Å². The van der Waals surface area contributed by atoms with Crippen LogP contribution in [0.25, 0.3) is 0 Å². The number of hydrogen-bond acceptors (Lipinski definition) is 3. The Hall–Kier alpha value is -2.36. The number of carbonyl (C=O) groups excluding carboxylic acids is 1. The molecule has 0 radical (unpaired) electrons. The Morgan fingerprint density at radius 2 is 2.00 bits per heavy atom. The Morgan fingerprint density at radius 3 is 2.84 bits per heavy atom. The first-order valence-corrected chi connectivity index (χ1v) is 6.37. The van der Waals surface area contributed by atoms with Crippen LogP contribution in [0.2, 0.25) is 0 Å². The van der Waals surface area contributed by atoms with Gasteiger partial charge in [-0.25, -0.2) is 4.98 Å². The van der Waals surface area contributed by atoms with Gasteiger partial charge in [0.15, 0.2) is 0 Å². The minimum Gasteiger partial charge on any atom is -0.384 e. The van der Waals surface area contributed by atoms with Gasteiger partial charge in [0, 0.05) is 17.4 Å². The molecule has 0 aliphatic heterocycles. The van der Waals surface area contributed by atoms with Crippen LogP contribution in [-0.2, 0) is 12.8 Å². The molecule has 1 aromatic carbocycles. The van der Waals surface area contributed by atoms with E-state index in [9.17, 15) is 4.79 Å². The average molecular weight is 253 g/mol. The van der Waals surface area contributed by atoms with Crippen molar-refractivity contribution in [1.29, 1.82) is 0 Å². The maximum atomic E-state index is 12.1. The van der Waals surface area contributed by atoms with Crippen molar-refractivity contribution in [2.24, 2.45) is 0 Å². The highest BCUT2D eigenvalue weighted by molar-refractivity contribution is 6.04. The van der Waals surface area contributed by atoms with Gasteiger partial charge in [-0.15, -0.1) is 0 Å². The fourth-order valence-corrected chi connectivity index (χ4v) is 2.44. The van der Waals surface area contributed by atoms with Crippen LogP contribution in [0, 0.1) is 0 Å². The summed E-state index contributed by atoms with van der Waals surface area (Å²) >= 11 is 0. The number of pyridine rings is 1. The summed E-state index contributed by atoms with van der Waals surface area (Å²) in [6, 6.07) is 9.33. The van der Waals surface area contributed by atoms with Crippen LogP contribution >= 0.6 is 0 Å². The number of nitrogens with one attached hydrogen (secondary N) is 1. The molecule has 0 spiro atoms. The predicted octanol–water partition coefficient (Wildman–Crippen LogP) is 2.40. The van der Waals surface area contributed by atoms with Gasteiger partial charge in [-0.2, -0.15) is 0 Å². The second-order valence-corrected chi connectivity index (χ2v) is 4.76. The summed E-state index contributed by atoms with van der Waals surface area (Å²) in [6.45, 7) is 0. The zero-order valence-corrected chi connectivity index (χ0v) is 10.5. The number of fused-ring (bicyclic) bond motifs is 1. The molecule has 3 rings (SSSR count). The van der Waals surface area contributed by atoms with Crippen LogP contribution in [0.4, 0.5) is 11.5 Å². The van der Waals surface area contributed by atoms with E-state index in [-0.39, 0.29) is 5.91 Å². The molecule has 0 fully saturated rings. The first-order valence-electron chi connectivity index (χ1n) is 6.37. The molecule has 4 nitrogen and oxygen atoms in total. The maximum absolute atomic E-state index is 12.1. The van der Waals surface area contributed by atoms with Gasteiger partial charge in [-0.05, 0) is 54.7 Å². The third-order valence-electron chi connectivity index (χ3n) is 3.40. The Balaban J connectivity index is 1.80.